The van der Waals surface area contributed by atoms with Crippen molar-refractivity contribution in [2.75, 3.05) is 13.7 Å². The van der Waals surface area contributed by atoms with E-state index in [4.69, 9.17) is 14.8 Å². The maximum atomic E-state index is 13.9. The van der Waals surface area contributed by atoms with E-state index >= 15 is 0 Å². The number of ether oxygens (including phenoxy) is 1. The van der Waals surface area contributed by atoms with Crippen LogP contribution in [0, 0.1) is 17.8 Å². The summed E-state index contributed by atoms with van der Waals surface area (Å²) in [4.78, 5) is 21.4. The summed E-state index contributed by atoms with van der Waals surface area (Å²) in [7, 11) is 1.71. The van der Waals surface area contributed by atoms with Gasteiger partial charge in [-0.1, -0.05) is 37.5 Å². The van der Waals surface area contributed by atoms with Gasteiger partial charge in [0.05, 0.1) is 31.1 Å². The monoisotopic (exact) mass is 574 g/mol. The van der Waals surface area contributed by atoms with Gasteiger partial charge in [-0.2, -0.15) is 5.10 Å². The fourth-order valence-corrected chi connectivity index (χ4v) is 8.73. The minimum Gasteiger partial charge on any atom is -0.494 e. The number of carbonyl (C=O) groups is 1. The van der Waals surface area contributed by atoms with Crippen LogP contribution in [0.4, 0.5) is 0 Å². The van der Waals surface area contributed by atoms with Gasteiger partial charge in [-0.3, -0.25) is 9.48 Å². The van der Waals surface area contributed by atoms with Crippen molar-refractivity contribution in [3.63, 3.8) is 0 Å². The Morgan fingerprint density at radius 1 is 0.953 bits per heavy atom. The van der Waals surface area contributed by atoms with Crippen molar-refractivity contribution in [3.8, 4) is 17.3 Å². The molecule has 1 saturated heterocycles. The van der Waals surface area contributed by atoms with Crippen LogP contribution in [0.3, 0.4) is 0 Å². The number of likely N-dealkylation sites (tertiary alicyclic amines) is 1. The molecular formula is C35H38N6O2. The van der Waals surface area contributed by atoms with Gasteiger partial charge in [0.25, 0.3) is 5.91 Å². The number of hydrogen-bond acceptors (Lipinski definition) is 4. The summed E-state index contributed by atoms with van der Waals surface area (Å²) < 4.78 is 12.8. The van der Waals surface area contributed by atoms with Gasteiger partial charge >= 0.3 is 0 Å². The number of nitrogens with zero attached hydrogens (tertiary/aromatic N) is 6. The third-order valence-corrected chi connectivity index (χ3v) is 10.9. The quantitative estimate of drug-likeness (QED) is 0.246. The molecule has 0 radical (unpaired) electrons. The van der Waals surface area contributed by atoms with Crippen LogP contribution in [0.2, 0.25) is 0 Å². The van der Waals surface area contributed by atoms with Crippen LogP contribution in [0.5, 0.6) is 5.75 Å². The Morgan fingerprint density at radius 2 is 1.81 bits per heavy atom. The van der Waals surface area contributed by atoms with Crippen molar-refractivity contribution < 1.29 is 9.53 Å². The first-order valence-corrected chi connectivity index (χ1v) is 16.2. The van der Waals surface area contributed by atoms with Crippen LogP contribution in [0.25, 0.3) is 33.5 Å². The molecule has 2 bridgehead atoms. The van der Waals surface area contributed by atoms with E-state index in [0.29, 0.717) is 29.8 Å². The first-order valence-electron chi connectivity index (χ1n) is 16.2. The summed E-state index contributed by atoms with van der Waals surface area (Å²) in [5, 5.41) is 5.91. The molecule has 2 aliphatic carbocycles. The number of amides is 1. The van der Waals surface area contributed by atoms with Crippen molar-refractivity contribution in [1.82, 2.24) is 28.8 Å². The normalized spacial score (nSPS) is 24.8. The van der Waals surface area contributed by atoms with Gasteiger partial charge in [-0.05, 0) is 67.7 Å². The predicted octanol–water partition coefficient (Wildman–Crippen LogP) is 6.36. The van der Waals surface area contributed by atoms with Crippen molar-refractivity contribution in [2.45, 2.75) is 70.6 Å². The van der Waals surface area contributed by atoms with Gasteiger partial charge in [-0.25, -0.2) is 4.98 Å². The molecule has 9 rings (SSSR count). The molecule has 8 heteroatoms. The van der Waals surface area contributed by atoms with Crippen molar-refractivity contribution >= 4 is 27.8 Å². The topological polar surface area (TPSA) is 70.1 Å². The molecule has 5 aromatic rings. The van der Waals surface area contributed by atoms with Gasteiger partial charge in [0.1, 0.15) is 11.3 Å². The molecule has 5 heterocycles. The van der Waals surface area contributed by atoms with E-state index in [0.717, 1.165) is 72.4 Å². The first kappa shape index (κ1) is 25.4. The smallest absolute Gasteiger partial charge is 0.254 e. The highest BCUT2D eigenvalue weighted by Crippen LogP contribution is 2.60. The highest BCUT2D eigenvalue weighted by Gasteiger charge is 2.61. The molecule has 3 aromatic heterocycles. The number of aryl methyl sites for hydroxylation is 2. The second-order valence-electron chi connectivity index (χ2n) is 13.3. The standard InChI is InChI=1S/C35H38N6O2/c1-43-31-17-25(35(42)40-21-26-13-24-16-29(40)32(24)26)14-27-33(31)41-20-22-18-36-38(19-22)11-7-3-2-4-8-12-39-28-10-6-5-9-23(28)15-30(39)34(41)37-27/h5-6,9-10,14-15,17-19,24,26,29,32H,2-4,7-8,11-13,16,20-21H2,1H3/t24?,26?,29?,32-/m1/s1. The average molecular weight is 575 g/mol. The lowest BCUT2D eigenvalue weighted by Gasteiger charge is -2.52. The van der Waals surface area contributed by atoms with Crippen LogP contribution in [0.1, 0.15) is 60.9 Å². The van der Waals surface area contributed by atoms with Gasteiger partial charge in [-0.15, -0.1) is 0 Å². The molecule has 2 aromatic carbocycles. The SMILES string of the molecule is COc1cc(C(=O)N2CC3CC4CC2[C@H]43)cc2nc3n(c12)Cc1cnn(c1)CCCCCCCn1c-3cc2ccccc21. The summed E-state index contributed by atoms with van der Waals surface area (Å²) in [5.41, 5.74) is 5.88. The zero-order valence-electron chi connectivity index (χ0n) is 24.8. The maximum absolute atomic E-state index is 13.9. The lowest BCUT2D eigenvalue weighted by molar-refractivity contribution is -0.0204. The van der Waals surface area contributed by atoms with Gasteiger partial charge < -0.3 is 18.8 Å². The third-order valence-electron chi connectivity index (χ3n) is 10.9. The Hall–Kier alpha value is -4.07. The Kier molecular flexibility index (Phi) is 5.75. The Labute approximate surface area is 251 Å². The third kappa shape index (κ3) is 3.91. The van der Waals surface area contributed by atoms with E-state index in [1.54, 1.807) is 7.11 Å². The van der Waals surface area contributed by atoms with Crippen LogP contribution in [0.15, 0.2) is 54.9 Å². The molecule has 1 amide bonds. The molecule has 8 nitrogen and oxygen atoms in total. The molecule has 3 unspecified atom stereocenters. The molecule has 2 saturated carbocycles. The van der Waals surface area contributed by atoms with Crippen LogP contribution >= 0.6 is 0 Å². The second kappa shape index (κ2) is 9.73. The first-order chi connectivity index (χ1) is 21.2. The molecule has 0 N–H and O–H groups in total. The minimum atomic E-state index is 0.124. The second-order valence-corrected chi connectivity index (χ2v) is 13.3. The summed E-state index contributed by atoms with van der Waals surface area (Å²) in [5.74, 6) is 4.02. The van der Waals surface area contributed by atoms with E-state index in [1.807, 2.05) is 18.3 Å². The van der Waals surface area contributed by atoms with Gasteiger partial charge in [0.15, 0.2) is 5.82 Å². The fourth-order valence-electron chi connectivity index (χ4n) is 8.73. The summed E-state index contributed by atoms with van der Waals surface area (Å²) in [6.45, 7) is 3.41. The van der Waals surface area contributed by atoms with E-state index in [9.17, 15) is 4.79 Å². The van der Waals surface area contributed by atoms with Crippen LogP contribution < -0.4 is 4.74 Å². The Morgan fingerprint density at radius 3 is 2.67 bits per heavy atom. The number of aromatic nitrogens is 5. The summed E-state index contributed by atoms with van der Waals surface area (Å²) >= 11 is 0. The predicted molar refractivity (Wildman–Crippen MR) is 166 cm³/mol. The van der Waals surface area contributed by atoms with Crippen LogP contribution in [-0.4, -0.2) is 54.4 Å². The van der Waals surface area contributed by atoms with E-state index in [2.05, 4.69) is 55.2 Å². The average Bonchev–Trinajstić information content (AvgIpc) is 3.71. The largest absolute Gasteiger partial charge is 0.494 e. The van der Waals surface area contributed by atoms with E-state index in [1.165, 1.54) is 43.0 Å². The molecular weight excluding hydrogens is 536 g/mol. The van der Waals surface area contributed by atoms with Crippen molar-refractivity contribution in [2.24, 2.45) is 17.8 Å². The number of carbonyl (C=O) groups excluding carboxylic acids is 1. The number of fused-ring (bicyclic) bond motifs is 9. The molecule has 4 aliphatic rings. The van der Waals surface area contributed by atoms with Crippen molar-refractivity contribution in [3.05, 3.63) is 66.0 Å². The highest BCUT2D eigenvalue weighted by atomic mass is 16.5. The Balaban J connectivity index is 1.22. The Bertz CT molecular complexity index is 1880. The molecule has 43 heavy (non-hydrogen) atoms. The van der Waals surface area contributed by atoms with Crippen molar-refractivity contribution in [1.29, 1.82) is 0 Å². The number of rotatable bonds is 2. The lowest BCUT2D eigenvalue weighted by atomic mass is 9.53. The molecule has 3 fully saturated rings. The molecule has 0 spiro atoms. The maximum Gasteiger partial charge on any atom is 0.254 e. The van der Waals surface area contributed by atoms with Gasteiger partial charge in [0, 0.05) is 53.9 Å². The van der Waals surface area contributed by atoms with E-state index < -0.39 is 0 Å². The number of para-hydroxylation sites is 1. The zero-order chi connectivity index (χ0) is 28.7. The number of hydrogen-bond donors (Lipinski definition) is 0. The minimum absolute atomic E-state index is 0.124. The van der Waals surface area contributed by atoms with Crippen LogP contribution in [-0.2, 0) is 19.6 Å². The summed E-state index contributed by atoms with van der Waals surface area (Å²) in [6, 6.07) is 15.3. The zero-order valence-corrected chi connectivity index (χ0v) is 24.8. The molecule has 220 valence electrons. The molecule has 2 aliphatic heterocycles. The summed E-state index contributed by atoms with van der Waals surface area (Å²) in [6.07, 6.45) is 12.5. The van der Waals surface area contributed by atoms with E-state index in [-0.39, 0.29) is 5.91 Å². The number of imidazole rings is 1. The highest BCUT2D eigenvalue weighted by molar-refractivity contribution is 6.00. The number of methoxy groups -OCH3 is 1. The van der Waals surface area contributed by atoms with Gasteiger partial charge in [0.2, 0.25) is 0 Å². The number of benzene rings is 2. The fraction of sp³-hybridized carbons (Fsp3) is 0.457. The molecule has 4 atom stereocenters. The lowest BCUT2D eigenvalue weighted by Crippen LogP contribution is -2.53.